The van der Waals surface area contributed by atoms with Gasteiger partial charge in [-0.3, -0.25) is 11.3 Å². The normalized spacial score (nSPS) is 12.2. The molecule has 100 valence electrons. The highest BCUT2D eigenvalue weighted by atomic mass is 127. The molecule has 0 saturated heterocycles. The first-order valence-electron chi connectivity index (χ1n) is 6.08. The van der Waals surface area contributed by atoms with Gasteiger partial charge in [-0.25, -0.2) is 0 Å². The second-order valence-corrected chi connectivity index (χ2v) is 5.46. The van der Waals surface area contributed by atoms with E-state index in [0.29, 0.717) is 0 Å². The van der Waals surface area contributed by atoms with E-state index in [1.807, 2.05) is 30.3 Å². The van der Waals surface area contributed by atoms with Gasteiger partial charge in [0.05, 0.1) is 13.2 Å². The molecule has 0 radical (unpaired) electrons. The van der Waals surface area contributed by atoms with Gasteiger partial charge in [-0.05, 0) is 58.3 Å². The van der Waals surface area contributed by atoms with Crippen molar-refractivity contribution in [2.75, 3.05) is 7.11 Å². The maximum Gasteiger partial charge on any atom is 0.119 e. The van der Waals surface area contributed by atoms with Crippen molar-refractivity contribution in [3.05, 3.63) is 63.2 Å². The fourth-order valence-corrected chi connectivity index (χ4v) is 2.81. The quantitative estimate of drug-likeness (QED) is 0.485. The maximum atomic E-state index is 5.71. The molecule has 0 amide bonds. The van der Waals surface area contributed by atoms with E-state index in [4.69, 9.17) is 10.6 Å². The van der Waals surface area contributed by atoms with Crippen molar-refractivity contribution in [1.29, 1.82) is 0 Å². The summed E-state index contributed by atoms with van der Waals surface area (Å²) in [5, 5.41) is 0. The fraction of sp³-hybridized carbons (Fsp3) is 0.200. The van der Waals surface area contributed by atoms with E-state index in [-0.39, 0.29) is 6.04 Å². The van der Waals surface area contributed by atoms with Gasteiger partial charge in [0.25, 0.3) is 0 Å². The lowest BCUT2D eigenvalue weighted by molar-refractivity contribution is 0.414. The number of hydrazine groups is 1. The molecule has 0 heterocycles. The van der Waals surface area contributed by atoms with E-state index in [2.05, 4.69) is 46.2 Å². The Hall–Kier alpha value is -1.11. The van der Waals surface area contributed by atoms with Crippen LogP contribution in [0.3, 0.4) is 0 Å². The molecule has 0 aliphatic heterocycles. The summed E-state index contributed by atoms with van der Waals surface area (Å²) < 4.78 is 6.46. The van der Waals surface area contributed by atoms with Gasteiger partial charge in [0.1, 0.15) is 5.75 Å². The van der Waals surface area contributed by atoms with Crippen LogP contribution in [0.15, 0.2) is 48.5 Å². The molecule has 0 fully saturated rings. The average molecular weight is 368 g/mol. The fourth-order valence-electron chi connectivity index (χ4n) is 2.05. The summed E-state index contributed by atoms with van der Waals surface area (Å²) in [4.78, 5) is 0. The summed E-state index contributed by atoms with van der Waals surface area (Å²) in [6.45, 7) is 0. The number of hydrogen-bond acceptors (Lipinski definition) is 3. The lowest BCUT2D eigenvalue weighted by Crippen LogP contribution is -2.30. The van der Waals surface area contributed by atoms with Crippen molar-refractivity contribution in [3.63, 3.8) is 0 Å². The van der Waals surface area contributed by atoms with Gasteiger partial charge in [-0.1, -0.05) is 30.3 Å². The molecule has 0 aliphatic carbocycles. The van der Waals surface area contributed by atoms with Crippen LogP contribution in [0.2, 0.25) is 0 Å². The smallest absolute Gasteiger partial charge is 0.119 e. The van der Waals surface area contributed by atoms with E-state index in [9.17, 15) is 0 Å². The van der Waals surface area contributed by atoms with Gasteiger partial charge in [0.15, 0.2) is 0 Å². The Kier molecular flexibility index (Phi) is 5.18. The van der Waals surface area contributed by atoms with Crippen molar-refractivity contribution in [3.8, 4) is 5.75 Å². The number of rotatable bonds is 5. The molecule has 0 aromatic heterocycles. The van der Waals surface area contributed by atoms with Crippen molar-refractivity contribution in [1.82, 2.24) is 5.43 Å². The number of nitrogens with two attached hydrogens (primary N) is 1. The molecular weight excluding hydrogens is 351 g/mol. The van der Waals surface area contributed by atoms with Gasteiger partial charge < -0.3 is 4.74 Å². The Labute approximate surface area is 127 Å². The van der Waals surface area contributed by atoms with Crippen LogP contribution < -0.4 is 16.0 Å². The Morgan fingerprint density at radius 2 is 2.00 bits per heavy atom. The van der Waals surface area contributed by atoms with Gasteiger partial charge in [-0.15, -0.1) is 0 Å². The first kappa shape index (κ1) is 14.3. The summed E-state index contributed by atoms with van der Waals surface area (Å²) >= 11 is 2.34. The van der Waals surface area contributed by atoms with E-state index in [1.54, 1.807) is 7.11 Å². The predicted octanol–water partition coefficient (Wildman–Crippen LogP) is 3.05. The summed E-state index contributed by atoms with van der Waals surface area (Å²) in [5.41, 5.74) is 5.31. The minimum Gasteiger partial charge on any atom is -0.497 e. The SMILES string of the molecule is COc1cccc(CC(NN)c2ccccc2I)c1. The molecule has 3 nitrogen and oxygen atoms in total. The highest BCUT2D eigenvalue weighted by molar-refractivity contribution is 14.1. The summed E-state index contributed by atoms with van der Waals surface area (Å²) in [7, 11) is 1.68. The Morgan fingerprint density at radius 1 is 1.21 bits per heavy atom. The largest absolute Gasteiger partial charge is 0.497 e. The number of halogens is 1. The van der Waals surface area contributed by atoms with E-state index < -0.39 is 0 Å². The minimum atomic E-state index is 0.0974. The van der Waals surface area contributed by atoms with Crippen molar-refractivity contribution < 1.29 is 4.74 Å². The molecular formula is C15H17IN2O. The van der Waals surface area contributed by atoms with Crippen LogP contribution in [-0.4, -0.2) is 7.11 Å². The Bertz CT molecular complexity index is 545. The molecule has 2 rings (SSSR count). The van der Waals surface area contributed by atoms with Gasteiger partial charge in [0, 0.05) is 3.57 Å². The zero-order valence-electron chi connectivity index (χ0n) is 10.8. The Balaban J connectivity index is 2.21. The number of nitrogens with one attached hydrogen (secondary N) is 1. The monoisotopic (exact) mass is 368 g/mol. The van der Waals surface area contributed by atoms with E-state index in [1.165, 1.54) is 14.7 Å². The molecule has 0 aliphatic rings. The van der Waals surface area contributed by atoms with Gasteiger partial charge in [0.2, 0.25) is 0 Å². The van der Waals surface area contributed by atoms with Crippen LogP contribution in [0.4, 0.5) is 0 Å². The average Bonchev–Trinajstić information content (AvgIpc) is 2.46. The molecule has 1 atom stereocenters. The minimum absolute atomic E-state index is 0.0974. The summed E-state index contributed by atoms with van der Waals surface area (Å²) in [6.07, 6.45) is 0.827. The molecule has 3 N–H and O–H groups in total. The third kappa shape index (κ3) is 3.68. The highest BCUT2D eigenvalue weighted by Crippen LogP contribution is 2.24. The number of hydrogen-bond donors (Lipinski definition) is 2. The number of benzene rings is 2. The second kappa shape index (κ2) is 6.88. The zero-order chi connectivity index (χ0) is 13.7. The number of methoxy groups -OCH3 is 1. The van der Waals surface area contributed by atoms with Crippen LogP contribution in [0.5, 0.6) is 5.75 Å². The van der Waals surface area contributed by atoms with Crippen LogP contribution in [0.1, 0.15) is 17.2 Å². The molecule has 0 bridgehead atoms. The standard InChI is InChI=1S/C15H17IN2O/c1-19-12-6-4-5-11(9-12)10-15(18-17)13-7-2-3-8-14(13)16/h2-9,15,18H,10,17H2,1H3. The summed E-state index contributed by atoms with van der Waals surface area (Å²) in [5.74, 6) is 6.58. The predicted molar refractivity (Wildman–Crippen MR) is 85.9 cm³/mol. The van der Waals surface area contributed by atoms with Crippen LogP contribution in [0.25, 0.3) is 0 Å². The maximum absolute atomic E-state index is 5.71. The van der Waals surface area contributed by atoms with Crippen molar-refractivity contribution >= 4 is 22.6 Å². The molecule has 0 spiro atoms. The molecule has 1 unspecified atom stereocenters. The van der Waals surface area contributed by atoms with Crippen LogP contribution >= 0.6 is 22.6 Å². The number of ether oxygens (including phenoxy) is 1. The summed E-state index contributed by atoms with van der Waals surface area (Å²) in [6, 6.07) is 16.4. The Morgan fingerprint density at radius 3 is 2.68 bits per heavy atom. The third-order valence-corrected chi connectivity index (χ3v) is 4.04. The van der Waals surface area contributed by atoms with Crippen LogP contribution in [0, 0.1) is 3.57 Å². The van der Waals surface area contributed by atoms with Crippen molar-refractivity contribution in [2.45, 2.75) is 12.5 Å². The molecule has 4 heteroatoms. The topological polar surface area (TPSA) is 47.3 Å². The first-order chi connectivity index (χ1) is 9.24. The molecule has 2 aromatic carbocycles. The van der Waals surface area contributed by atoms with E-state index >= 15 is 0 Å². The lowest BCUT2D eigenvalue weighted by atomic mass is 9.99. The second-order valence-electron chi connectivity index (χ2n) is 4.30. The van der Waals surface area contributed by atoms with E-state index in [0.717, 1.165) is 12.2 Å². The van der Waals surface area contributed by atoms with Gasteiger partial charge >= 0.3 is 0 Å². The lowest BCUT2D eigenvalue weighted by Gasteiger charge is -2.18. The molecule has 19 heavy (non-hydrogen) atoms. The first-order valence-corrected chi connectivity index (χ1v) is 7.16. The third-order valence-electron chi connectivity index (χ3n) is 3.06. The molecule has 0 saturated carbocycles. The van der Waals surface area contributed by atoms with Gasteiger partial charge in [-0.2, -0.15) is 0 Å². The zero-order valence-corrected chi connectivity index (χ0v) is 12.9. The molecule has 2 aromatic rings. The van der Waals surface area contributed by atoms with Crippen molar-refractivity contribution in [2.24, 2.45) is 5.84 Å². The van der Waals surface area contributed by atoms with Crippen LogP contribution in [-0.2, 0) is 6.42 Å². The highest BCUT2D eigenvalue weighted by Gasteiger charge is 2.13.